The molecule has 1 heterocycles. The van der Waals surface area contributed by atoms with Crippen LogP contribution < -0.4 is 5.73 Å². The van der Waals surface area contributed by atoms with Gasteiger partial charge in [-0.05, 0) is 26.0 Å². The lowest BCUT2D eigenvalue weighted by Crippen LogP contribution is -2.01. The zero-order chi connectivity index (χ0) is 14.0. The van der Waals surface area contributed by atoms with Crippen molar-refractivity contribution in [3.8, 4) is 0 Å². The second-order valence-electron chi connectivity index (χ2n) is 4.11. The van der Waals surface area contributed by atoms with Crippen LogP contribution >= 0.6 is 11.8 Å². The van der Waals surface area contributed by atoms with E-state index in [1.807, 2.05) is 0 Å². The summed E-state index contributed by atoms with van der Waals surface area (Å²) in [7, 11) is 0. The highest BCUT2D eigenvalue weighted by Gasteiger charge is 2.18. The third-order valence-electron chi connectivity index (χ3n) is 2.54. The van der Waals surface area contributed by atoms with Gasteiger partial charge in [-0.3, -0.25) is 0 Å². The first-order valence-electron chi connectivity index (χ1n) is 5.69. The van der Waals surface area contributed by atoms with Gasteiger partial charge in [0.2, 0.25) is 0 Å². The van der Waals surface area contributed by atoms with Crippen LogP contribution in [0.2, 0.25) is 0 Å². The average molecular weight is 281 g/mol. The molecule has 0 fully saturated rings. The SMILES string of the molecule is Cc1cc(N)nc(SC(C)c2c(F)cccc2F)n1. The van der Waals surface area contributed by atoms with Crippen molar-refractivity contribution in [2.75, 3.05) is 5.73 Å². The van der Waals surface area contributed by atoms with E-state index in [0.29, 0.717) is 11.0 Å². The molecule has 0 bridgehead atoms. The predicted octanol–water partition coefficient (Wildman–Crippen LogP) is 3.50. The highest BCUT2D eigenvalue weighted by molar-refractivity contribution is 7.99. The van der Waals surface area contributed by atoms with Crippen LogP contribution in [-0.4, -0.2) is 9.97 Å². The summed E-state index contributed by atoms with van der Waals surface area (Å²) in [5, 5.41) is -0.0324. The molecule has 2 aromatic rings. The Kier molecular flexibility index (Phi) is 3.99. The molecule has 0 aliphatic heterocycles. The largest absolute Gasteiger partial charge is 0.384 e. The number of benzene rings is 1. The second-order valence-corrected chi connectivity index (χ2v) is 5.42. The number of nitrogens with two attached hydrogens (primary N) is 1. The number of aromatic nitrogens is 2. The van der Waals surface area contributed by atoms with Gasteiger partial charge in [0.15, 0.2) is 5.16 Å². The minimum absolute atomic E-state index is 0.0242. The lowest BCUT2D eigenvalue weighted by Gasteiger charge is -2.12. The van der Waals surface area contributed by atoms with Gasteiger partial charge in [0.25, 0.3) is 0 Å². The molecule has 19 heavy (non-hydrogen) atoms. The van der Waals surface area contributed by atoms with E-state index in [9.17, 15) is 8.78 Å². The maximum Gasteiger partial charge on any atom is 0.190 e. The second kappa shape index (κ2) is 5.52. The molecule has 0 saturated heterocycles. The van der Waals surface area contributed by atoms with Gasteiger partial charge in [-0.25, -0.2) is 18.7 Å². The van der Waals surface area contributed by atoms with Gasteiger partial charge >= 0.3 is 0 Å². The van der Waals surface area contributed by atoms with Crippen LogP contribution in [0.3, 0.4) is 0 Å². The van der Waals surface area contributed by atoms with Gasteiger partial charge in [0.1, 0.15) is 17.5 Å². The molecular formula is C13H13F2N3S. The van der Waals surface area contributed by atoms with Gasteiger partial charge in [0.05, 0.1) is 0 Å². The van der Waals surface area contributed by atoms with Gasteiger partial charge in [0, 0.05) is 22.6 Å². The number of hydrogen-bond acceptors (Lipinski definition) is 4. The summed E-state index contributed by atoms with van der Waals surface area (Å²) < 4.78 is 27.3. The third kappa shape index (κ3) is 3.20. The summed E-state index contributed by atoms with van der Waals surface area (Å²) in [5.41, 5.74) is 6.36. The molecule has 100 valence electrons. The van der Waals surface area contributed by atoms with Crippen molar-refractivity contribution >= 4 is 17.6 Å². The highest BCUT2D eigenvalue weighted by Crippen LogP contribution is 2.35. The summed E-state index contributed by atoms with van der Waals surface area (Å²) in [6, 6.07) is 5.45. The molecule has 2 rings (SSSR count). The fourth-order valence-electron chi connectivity index (χ4n) is 1.73. The number of aryl methyl sites for hydroxylation is 1. The molecule has 0 aliphatic rings. The summed E-state index contributed by atoms with van der Waals surface area (Å²) in [6.45, 7) is 3.49. The Balaban J connectivity index is 2.28. The monoisotopic (exact) mass is 281 g/mol. The van der Waals surface area contributed by atoms with E-state index in [0.717, 1.165) is 5.69 Å². The average Bonchev–Trinajstić information content (AvgIpc) is 2.26. The summed E-state index contributed by atoms with van der Waals surface area (Å²) in [6.07, 6.45) is 0. The van der Waals surface area contributed by atoms with Crippen LogP contribution in [0.15, 0.2) is 29.4 Å². The Morgan fingerprint density at radius 2 is 1.84 bits per heavy atom. The number of thioether (sulfide) groups is 1. The normalized spacial score (nSPS) is 12.4. The molecule has 1 unspecified atom stereocenters. The van der Waals surface area contributed by atoms with Crippen molar-refractivity contribution in [1.29, 1.82) is 0 Å². The number of rotatable bonds is 3. The van der Waals surface area contributed by atoms with Gasteiger partial charge < -0.3 is 5.73 Å². The Morgan fingerprint density at radius 3 is 2.42 bits per heavy atom. The van der Waals surface area contributed by atoms with E-state index in [1.165, 1.54) is 30.0 Å². The number of hydrogen-bond donors (Lipinski definition) is 1. The van der Waals surface area contributed by atoms with Gasteiger partial charge in [-0.2, -0.15) is 0 Å². The predicted molar refractivity (Wildman–Crippen MR) is 71.8 cm³/mol. The van der Waals surface area contributed by atoms with Crippen molar-refractivity contribution in [2.45, 2.75) is 24.3 Å². The first-order valence-corrected chi connectivity index (χ1v) is 6.57. The topological polar surface area (TPSA) is 51.8 Å². The molecule has 0 saturated carbocycles. The van der Waals surface area contributed by atoms with Crippen molar-refractivity contribution in [1.82, 2.24) is 9.97 Å². The Bertz CT molecular complexity index is 564. The highest BCUT2D eigenvalue weighted by atomic mass is 32.2. The Labute approximate surface area is 114 Å². The van der Waals surface area contributed by atoms with E-state index in [4.69, 9.17) is 5.73 Å². The molecular weight excluding hydrogens is 268 g/mol. The van der Waals surface area contributed by atoms with Crippen molar-refractivity contribution in [2.24, 2.45) is 0 Å². The molecule has 3 nitrogen and oxygen atoms in total. The maximum absolute atomic E-state index is 13.6. The lowest BCUT2D eigenvalue weighted by atomic mass is 10.1. The summed E-state index contributed by atoms with van der Waals surface area (Å²) >= 11 is 1.17. The Morgan fingerprint density at radius 1 is 1.21 bits per heavy atom. The van der Waals surface area contributed by atoms with Crippen molar-refractivity contribution < 1.29 is 8.78 Å². The molecule has 6 heteroatoms. The van der Waals surface area contributed by atoms with E-state index >= 15 is 0 Å². The zero-order valence-corrected chi connectivity index (χ0v) is 11.3. The van der Waals surface area contributed by atoms with Crippen LogP contribution in [0.25, 0.3) is 0 Å². The van der Waals surface area contributed by atoms with Crippen molar-refractivity contribution in [3.63, 3.8) is 0 Å². The molecule has 2 N–H and O–H groups in total. The van der Waals surface area contributed by atoms with E-state index in [1.54, 1.807) is 19.9 Å². The fraction of sp³-hybridized carbons (Fsp3) is 0.231. The fourth-order valence-corrected chi connectivity index (χ4v) is 2.75. The van der Waals surface area contributed by atoms with E-state index < -0.39 is 16.9 Å². The van der Waals surface area contributed by atoms with Crippen LogP contribution in [0.4, 0.5) is 14.6 Å². The lowest BCUT2D eigenvalue weighted by molar-refractivity contribution is 0.557. The molecule has 0 amide bonds. The molecule has 1 atom stereocenters. The number of halogens is 2. The van der Waals surface area contributed by atoms with Crippen molar-refractivity contribution in [3.05, 3.63) is 47.2 Å². The van der Waals surface area contributed by atoms with E-state index in [2.05, 4.69) is 9.97 Å². The first-order chi connectivity index (χ1) is 8.97. The van der Waals surface area contributed by atoms with Crippen LogP contribution in [-0.2, 0) is 0 Å². The van der Waals surface area contributed by atoms with Crippen LogP contribution in [0.1, 0.15) is 23.4 Å². The standard InChI is InChI=1S/C13H13F2N3S/c1-7-6-11(16)18-13(17-7)19-8(2)12-9(14)4-3-5-10(12)15/h3-6,8H,1-2H3,(H2,16,17,18). The molecule has 1 aromatic carbocycles. The van der Waals surface area contributed by atoms with E-state index in [-0.39, 0.29) is 5.56 Å². The molecule has 1 aromatic heterocycles. The first kappa shape index (κ1) is 13.7. The number of nitrogen functional groups attached to an aromatic ring is 1. The van der Waals surface area contributed by atoms with Gasteiger partial charge in [-0.15, -0.1) is 0 Å². The quantitative estimate of drug-likeness (QED) is 0.691. The summed E-state index contributed by atoms with van der Waals surface area (Å²) in [5.74, 6) is -0.794. The maximum atomic E-state index is 13.6. The molecule has 0 aliphatic carbocycles. The Hall–Kier alpha value is -1.69. The number of anilines is 1. The van der Waals surface area contributed by atoms with Crippen LogP contribution in [0.5, 0.6) is 0 Å². The summed E-state index contributed by atoms with van der Waals surface area (Å²) in [4.78, 5) is 8.23. The van der Waals surface area contributed by atoms with Crippen LogP contribution in [0, 0.1) is 18.6 Å². The zero-order valence-electron chi connectivity index (χ0n) is 10.5. The smallest absolute Gasteiger partial charge is 0.190 e. The minimum atomic E-state index is -0.569. The van der Waals surface area contributed by atoms with Gasteiger partial charge in [-0.1, -0.05) is 17.8 Å². The number of nitrogens with zero attached hydrogens (tertiary/aromatic N) is 2. The molecule has 0 radical (unpaired) electrons. The third-order valence-corrected chi connectivity index (χ3v) is 3.52. The molecule has 0 spiro atoms. The minimum Gasteiger partial charge on any atom is -0.384 e.